The van der Waals surface area contributed by atoms with Crippen molar-refractivity contribution in [2.45, 2.75) is 37.1 Å². The van der Waals surface area contributed by atoms with Gasteiger partial charge in [-0.15, -0.1) is 0 Å². The Kier molecular flexibility index (Phi) is 6.74. The topological polar surface area (TPSA) is 82.5 Å². The predicted molar refractivity (Wildman–Crippen MR) is 129 cm³/mol. The first-order chi connectivity index (χ1) is 15.9. The molecule has 1 aliphatic heterocycles. The molecule has 0 bridgehead atoms. The highest BCUT2D eigenvalue weighted by molar-refractivity contribution is 7.98. The summed E-state index contributed by atoms with van der Waals surface area (Å²) in [5, 5.41) is 3.45. The molecule has 0 saturated carbocycles. The third-order valence-electron chi connectivity index (χ3n) is 5.68. The van der Waals surface area contributed by atoms with Gasteiger partial charge < -0.3 is 19.4 Å². The Bertz CT molecular complexity index is 1240. The second-order valence-electron chi connectivity index (χ2n) is 7.94. The van der Waals surface area contributed by atoms with E-state index >= 15 is 0 Å². The fourth-order valence-electron chi connectivity index (χ4n) is 3.96. The van der Waals surface area contributed by atoms with Crippen LogP contribution in [-0.2, 0) is 17.6 Å². The van der Waals surface area contributed by atoms with E-state index in [0.717, 1.165) is 11.1 Å². The van der Waals surface area contributed by atoms with Crippen molar-refractivity contribution in [3.8, 4) is 11.5 Å². The molecule has 0 unspecified atom stereocenters. The average molecular weight is 466 g/mol. The number of nitrogens with zero attached hydrogens (tertiary/aromatic N) is 2. The van der Waals surface area contributed by atoms with Gasteiger partial charge in [-0.05, 0) is 37.1 Å². The van der Waals surface area contributed by atoms with Crippen LogP contribution in [0.3, 0.4) is 0 Å². The third kappa shape index (κ3) is 4.75. The number of hydrogen-bond donors (Lipinski definition) is 1. The van der Waals surface area contributed by atoms with Crippen molar-refractivity contribution in [3.63, 3.8) is 0 Å². The lowest BCUT2D eigenvalue weighted by atomic mass is 9.86. The average Bonchev–Trinajstić information content (AvgIpc) is 2.81. The molecule has 2 heterocycles. The number of methoxy groups -OCH3 is 1. The number of carbonyl (C=O) groups excluding carboxylic acids is 1. The summed E-state index contributed by atoms with van der Waals surface area (Å²) in [5.41, 5.74) is 3.32. The van der Waals surface area contributed by atoms with Crippen molar-refractivity contribution in [1.82, 2.24) is 9.55 Å². The van der Waals surface area contributed by atoms with Gasteiger partial charge >= 0.3 is 0 Å². The first-order valence-corrected chi connectivity index (χ1v) is 11.8. The number of fused-ring (bicyclic) bond motifs is 1. The van der Waals surface area contributed by atoms with Crippen LogP contribution < -0.4 is 20.3 Å². The molecule has 33 heavy (non-hydrogen) atoms. The zero-order valence-electron chi connectivity index (χ0n) is 19.2. The van der Waals surface area contributed by atoms with Crippen molar-refractivity contribution < 1.29 is 14.3 Å². The van der Waals surface area contributed by atoms with Crippen LogP contribution >= 0.6 is 11.8 Å². The number of ether oxygens (including phenoxy) is 2. The lowest BCUT2D eigenvalue weighted by Crippen LogP contribution is -2.33. The van der Waals surface area contributed by atoms with Gasteiger partial charge in [0.2, 0.25) is 5.91 Å². The molecule has 0 radical (unpaired) electrons. The molecular formula is C25H27N3O4S. The van der Waals surface area contributed by atoms with Gasteiger partial charge in [0.05, 0.1) is 19.3 Å². The van der Waals surface area contributed by atoms with Gasteiger partial charge in [-0.3, -0.25) is 9.59 Å². The monoisotopic (exact) mass is 465 g/mol. The standard InChI is InChI=1S/C25H27N3O4S/c1-5-32-20-12-17(10-11-19(20)31-4)18-13-21(29)26-23-22(18)24(30)27-25(28(23)3)33-14-16-8-6-15(2)7-9-16/h6-12,18H,5,13-14H2,1-4H3,(H,26,29)/t18-/m0/s1. The fraction of sp³-hybridized carbons (Fsp3) is 0.320. The Morgan fingerprint density at radius 1 is 1.15 bits per heavy atom. The summed E-state index contributed by atoms with van der Waals surface area (Å²) in [4.78, 5) is 30.2. The van der Waals surface area contributed by atoms with Crippen LogP contribution in [0.1, 0.15) is 41.5 Å². The molecule has 4 rings (SSSR count). The fourth-order valence-corrected chi connectivity index (χ4v) is 4.88. The summed E-state index contributed by atoms with van der Waals surface area (Å²) in [6, 6.07) is 13.8. The summed E-state index contributed by atoms with van der Waals surface area (Å²) in [7, 11) is 3.40. The van der Waals surface area contributed by atoms with Crippen LogP contribution in [0.2, 0.25) is 0 Å². The van der Waals surface area contributed by atoms with Gasteiger partial charge in [0.25, 0.3) is 5.56 Å². The van der Waals surface area contributed by atoms with E-state index in [1.807, 2.05) is 33.0 Å². The van der Waals surface area contributed by atoms with Crippen molar-refractivity contribution in [1.29, 1.82) is 0 Å². The molecule has 0 spiro atoms. The third-order valence-corrected chi connectivity index (χ3v) is 6.78. The lowest BCUT2D eigenvalue weighted by molar-refractivity contribution is -0.116. The van der Waals surface area contributed by atoms with Gasteiger partial charge in [-0.2, -0.15) is 4.98 Å². The van der Waals surface area contributed by atoms with E-state index in [-0.39, 0.29) is 17.9 Å². The number of carbonyl (C=O) groups is 1. The molecule has 1 amide bonds. The Labute approximate surface area is 197 Å². The maximum absolute atomic E-state index is 13.2. The molecule has 172 valence electrons. The molecule has 0 saturated heterocycles. The molecule has 1 aliphatic rings. The van der Waals surface area contributed by atoms with E-state index in [1.54, 1.807) is 17.7 Å². The van der Waals surface area contributed by atoms with E-state index in [1.165, 1.54) is 17.3 Å². The number of nitrogens with one attached hydrogen (secondary N) is 1. The van der Waals surface area contributed by atoms with Gasteiger partial charge in [0.15, 0.2) is 16.7 Å². The van der Waals surface area contributed by atoms with Crippen molar-refractivity contribution in [2.75, 3.05) is 19.0 Å². The SMILES string of the molecule is CCOc1cc([C@@H]2CC(=O)Nc3c2c(=O)nc(SCc2ccc(C)cc2)n3C)ccc1OC. The largest absolute Gasteiger partial charge is 0.493 e. The number of thioether (sulfide) groups is 1. The van der Waals surface area contributed by atoms with Crippen LogP contribution in [0.4, 0.5) is 5.82 Å². The maximum atomic E-state index is 13.2. The molecule has 0 fully saturated rings. The number of amides is 1. The number of aromatic nitrogens is 2. The number of anilines is 1. The normalized spacial score (nSPS) is 15.0. The highest BCUT2D eigenvalue weighted by atomic mass is 32.2. The summed E-state index contributed by atoms with van der Waals surface area (Å²) >= 11 is 1.47. The van der Waals surface area contributed by atoms with Crippen LogP contribution in [0.5, 0.6) is 11.5 Å². The highest BCUT2D eigenvalue weighted by Crippen LogP contribution is 2.39. The zero-order chi connectivity index (χ0) is 23.5. The lowest BCUT2D eigenvalue weighted by Gasteiger charge is -2.28. The number of aryl methyl sites for hydroxylation is 1. The quantitative estimate of drug-likeness (QED) is 0.415. The van der Waals surface area contributed by atoms with E-state index in [9.17, 15) is 9.59 Å². The van der Waals surface area contributed by atoms with Gasteiger partial charge in [0.1, 0.15) is 5.82 Å². The van der Waals surface area contributed by atoms with E-state index in [4.69, 9.17) is 9.47 Å². The summed E-state index contributed by atoms with van der Waals surface area (Å²) in [6.07, 6.45) is 0.164. The van der Waals surface area contributed by atoms with Crippen LogP contribution in [0.25, 0.3) is 0 Å². The maximum Gasteiger partial charge on any atom is 0.279 e. The Morgan fingerprint density at radius 3 is 2.61 bits per heavy atom. The second-order valence-corrected chi connectivity index (χ2v) is 8.89. The Balaban J connectivity index is 1.71. The van der Waals surface area contributed by atoms with E-state index in [2.05, 4.69) is 34.6 Å². The van der Waals surface area contributed by atoms with Crippen LogP contribution in [0.15, 0.2) is 52.4 Å². The molecule has 1 atom stereocenters. The Hall–Kier alpha value is -3.26. The summed E-state index contributed by atoms with van der Waals surface area (Å²) < 4.78 is 12.9. The van der Waals surface area contributed by atoms with Crippen LogP contribution in [-0.4, -0.2) is 29.2 Å². The molecule has 0 aliphatic carbocycles. The van der Waals surface area contributed by atoms with Crippen LogP contribution in [0, 0.1) is 6.92 Å². The molecule has 2 aromatic carbocycles. The number of hydrogen-bond acceptors (Lipinski definition) is 6. The highest BCUT2D eigenvalue weighted by Gasteiger charge is 2.32. The minimum atomic E-state index is -0.416. The molecular weight excluding hydrogens is 438 g/mol. The molecule has 3 aromatic rings. The molecule has 7 nitrogen and oxygen atoms in total. The van der Waals surface area contributed by atoms with Crippen molar-refractivity contribution in [2.24, 2.45) is 7.05 Å². The van der Waals surface area contributed by atoms with E-state index in [0.29, 0.717) is 40.4 Å². The summed E-state index contributed by atoms with van der Waals surface area (Å²) in [6.45, 7) is 4.42. The molecule has 1 N–H and O–H groups in total. The molecule has 8 heteroatoms. The van der Waals surface area contributed by atoms with Crippen molar-refractivity contribution >= 4 is 23.5 Å². The second kappa shape index (κ2) is 9.70. The first-order valence-electron chi connectivity index (χ1n) is 10.8. The Morgan fingerprint density at radius 2 is 1.91 bits per heavy atom. The summed E-state index contributed by atoms with van der Waals surface area (Å²) in [5.74, 6) is 1.80. The zero-order valence-corrected chi connectivity index (χ0v) is 20.0. The predicted octanol–water partition coefficient (Wildman–Crippen LogP) is 4.26. The van der Waals surface area contributed by atoms with E-state index < -0.39 is 5.92 Å². The molecule has 1 aromatic heterocycles. The number of rotatable bonds is 7. The number of benzene rings is 2. The smallest absolute Gasteiger partial charge is 0.279 e. The minimum Gasteiger partial charge on any atom is -0.493 e. The van der Waals surface area contributed by atoms with Gasteiger partial charge in [0, 0.05) is 25.1 Å². The first kappa shape index (κ1) is 22.9. The van der Waals surface area contributed by atoms with Gasteiger partial charge in [-0.1, -0.05) is 47.7 Å². The minimum absolute atomic E-state index is 0.142. The van der Waals surface area contributed by atoms with Crippen molar-refractivity contribution in [3.05, 3.63) is 75.1 Å². The van der Waals surface area contributed by atoms with Gasteiger partial charge in [-0.25, -0.2) is 0 Å².